The molecule has 0 saturated heterocycles. The molecule has 0 spiro atoms. The Kier molecular flexibility index (Phi) is 11.3. The van der Waals surface area contributed by atoms with E-state index >= 15 is 0 Å². The lowest BCUT2D eigenvalue weighted by Crippen LogP contribution is -3.05. The molecule has 0 unspecified atom stereocenters. The predicted octanol–water partition coefficient (Wildman–Crippen LogP) is 7.08. The fourth-order valence-electron chi connectivity index (χ4n) is 6.27. The van der Waals surface area contributed by atoms with Crippen molar-refractivity contribution in [2.45, 2.75) is 19.3 Å². The molecule has 4 aromatic carbocycles. The van der Waals surface area contributed by atoms with Gasteiger partial charge in [-0.3, -0.25) is 4.79 Å². The van der Waals surface area contributed by atoms with Gasteiger partial charge in [-0.05, 0) is 85.6 Å². The highest BCUT2D eigenvalue weighted by Gasteiger charge is 2.17. The zero-order chi connectivity index (χ0) is 35.2. The molecule has 50 heavy (non-hydrogen) atoms. The number of carbonyl (C=O) groups excluding carboxylic acids is 1. The van der Waals surface area contributed by atoms with Crippen LogP contribution >= 0.6 is 23.2 Å². The summed E-state index contributed by atoms with van der Waals surface area (Å²) in [7, 11) is 7.47. The van der Waals surface area contributed by atoms with Gasteiger partial charge in [0.1, 0.15) is 11.5 Å². The van der Waals surface area contributed by atoms with Crippen molar-refractivity contribution >= 4 is 84.1 Å². The van der Waals surface area contributed by atoms with Gasteiger partial charge in [0.15, 0.2) is 0 Å². The number of nitrogens with one attached hydrogen (secondary N) is 3. The quantitative estimate of drug-likeness (QED) is 0.0774. The van der Waals surface area contributed by atoms with Crippen LogP contribution in [0.15, 0.2) is 72.8 Å². The van der Waals surface area contributed by atoms with E-state index in [1.807, 2.05) is 77.7 Å². The third-order valence-electron chi connectivity index (χ3n) is 8.89. The number of hydrogen-bond donors (Lipinski definition) is 3. The number of anilines is 2. The maximum atomic E-state index is 13.5. The van der Waals surface area contributed by atoms with E-state index < -0.39 is 0 Å². The van der Waals surface area contributed by atoms with Gasteiger partial charge in [-0.15, -0.1) is 0 Å². The molecule has 260 valence electrons. The second kappa shape index (κ2) is 16.0. The number of hydrogen-bond acceptors (Lipinski definition) is 7. The van der Waals surface area contributed by atoms with E-state index in [0.717, 1.165) is 85.9 Å². The Bertz CT molecular complexity index is 2020. The number of pyridine rings is 2. The van der Waals surface area contributed by atoms with Gasteiger partial charge in [0, 0.05) is 57.8 Å². The number of benzene rings is 4. The van der Waals surface area contributed by atoms with Crippen molar-refractivity contribution in [2.75, 3.05) is 71.7 Å². The largest absolute Gasteiger partial charge is 0.497 e. The first-order chi connectivity index (χ1) is 24.2. The minimum atomic E-state index is 0.171. The maximum absolute atomic E-state index is 13.5. The smallest absolute Gasteiger partial charge is 0.228 e. The number of fused-ring (bicyclic) bond motifs is 4. The molecule has 2 heterocycles. The van der Waals surface area contributed by atoms with Crippen LogP contribution in [0.3, 0.4) is 0 Å². The van der Waals surface area contributed by atoms with Crippen molar-refractivity contribution in [3.05, 3.63) is 82.8 Å². The van der Waals surface area contributed by atoms with Crippen LogP contribution < -0.4 is 25.0 Å². The van der Waals surface area contributed by atoms with E-state index in [-0.39, 0.29) is 5.91 Å². The number of rotatable bonds is 15. The molecule has 0 fully saturated rings. The molecule has 3 N–H and O–H groups in total. The fourth-order valence-corrected chi connectivity index (χ4v) is 6.60. The Balaban J connectivity index is 1.16. The maximum Gasteiger partial charge on any atom is 0.228 e. The van der Waals surface area contributed by atoms with Crippen molar-refractivity contribution in [2.24, 2.45) is 0 Å². The van der Waals surface area contributed by atoms with Crippen LogP contribution in [0.1, 0.15) is 19.3 Å². The highest BCUT2D eigenvalue weighted by molar-refractivity contribution is 6.32. The summed E-state index contributed by atoms with van der Waals surface area (Å²) in [5, 5.41) is 12.5. The molecule has 0 aliphatic rings. The van der Waals surface area contributed by atoms with Crippen LogP contribution in [-0.4, -0.2) is 81.8 Å². The summed E-state index contributed by atoms with van der Waals surface area (Å²) in [5.74, 6) is 1.70. The predicted molar refractivity (Wildman–Crippen MR) is 207 cm³/mol. The summed E-state index contributed by atoms with van der Waals surface area (Å²) >= 11 is 12.7. The molecule has 2 aromatic heterocycles. The highest BCUT2D eigenvalue weighted by atomic mass is 35.5. The Hall–Kier alpha value is -4.57. The lowest BCUT2D eigenvalue weighted by Gasteiger charge is -2.24. The Labute approximate surface area is 302 Å². The summed E-state index contributed by atoms with van der Waals surface area (Å²) in [4.78, 5) is 26.4. The average Bonchev–Trinajstić information content (AvgIpc) is 3.11. The molecule has 11 heteroatoms. The van der Waals surface area contributed by atoms with Gasteiger partial charge in [0.2, 0.25) is 5.91 Å². The van der Waals surface area contributed by atoms with E-state index in [1.54, 1.807) is 14.2 Å². The van der Waals surface area contributed by atoms with Gasteiger partial charge in [0.05, 0.1) is 74.7 Å². The summed E-state index contributed by atoms with van der Waals surface area (Å²) in [6, 6.07) is 23.3. The minimum absolute atomic E-state index is 0.171. The van der Waals surface area contributed by atoms with Gasteiger partial charge in [0.25, 0.3) is 0 Å². The highest BCUT2D eigenvalue weighted by Crippen LogP contribution is 2.35. The molecular weight excluding hydrogens is 671 g/mol. The second-order valence-electron chi connectivity index (χ2n) is 12.7. The number of aromatic nitrogens is 2. The molecule has 0 atom stereocenters. The number of methoxy groups -OCH3 is 2. The van der Waals surface area contributed by atoms with Gasteiger partial charge < -0.3 is 29.9 Å². The summed E-state index contributed by atoms with van der Waals surface area (Å²) in [6.07, 6.45) is 2.05. The third kappa shape index (κ3) is 8.07. The van der Waals surface area contributed by atoms with Crippen LogP contribution in [0.2, 0.25) is 10.0 Å². The summed E-state index contributed by atoms with van der Waals surface area (Å²) in [6.45, 7) is 3.41. The average molecular weight is 715 g/mol. The molecule has 0 aliphatic heterocycles. The van der Waals surface area contributed by atoms with Crippen LogP contribution in [0.25, 0.3) is 43.6 Å². The number of halogens is 2. The van der Waals surface area contributed by atoms with Gasteiger partial charge in [-0.25, -0.2) is 9.97 Å². The monoisotopic (exact) mass is 713 g/mol. The van der Waals surface area contributed by atoms with E-state index in [0.29, 0.717) is 42.6 Å². The van der Waals surface area contributed by atoms with E-state index in [4.69, 9.17) is 42.6 Å². The molecule has 0 saturated carbocycles. The number of quaternary nitrogens is 1. The van der Waals surface area contributed by atoms with Crippen molar-refractivity contribution in [3.8, 4) is 11.5 Å². The molecule has 9 nitrogen and oxygen atoms in total. The van der Waals surface area contributed by atoms with Gasteiger partial charge in [-0.1, -0.05) is 23.2 Å². The number of nitrogens with zero attached hydrogens (tertiary/aromatic N) is 3. The summed E-state index contributed by atoms with van der Waals surface area (Å²) in [5.41, 5.74) is 5.32. The zero-order valence-corrected chi connectivity index (χ0v) is 30.4. The third-order valence-corrected chi connectivity index (χ3v) is 9.36. The molecule has 0 aliphatic carbocycles. The van der Waals surface area contributed by atoms with Gasteiger partial charge >= 0.3 is 0 Å². The van der Waals surface area contributed by atoms with Crippen LogP contribution in [0, 0.1) is 0 Å². The molecule has 0 radical (unpaired) electrons. The molecule has 1 amide bonds. The van der Waals surface area contributed by atoms with Crippen LogP contribution in [-0.2, 0) is 4.79 Å². The normalized spacial score (nSPS) is 11.5. The van der Waals surface area contributed by atoms with Crippen molar-refractivity contribution in [1.82, 2.24) is 14.9 Å². The minimum Gasteiger partial charge on any atom is -0.497 e. The van der Waals surface area contributed by atoms with Crippen molar-refractivity contribution in [1.29, 1.82) is 0 Å². The lowest BCUT2D eigenvalue weighted by atomic mass is 10.1. The van der Waals surface area contributed by atoms with Gasteiger partial charge in [-0.2, -0.15) is 0 Å². The number of carbonyl (C=O) groups is 1. The molecule has 0 bridgehead atoms. The first-order valence-corrected chi connectivity index (χ1v) is 17.7. The Morgan fingerprint density at radius 2 is 1.16 bits per heavy atom. The van der Waals surface area contributed by atoms with Crippen LogP contribution in [0.5, 0.6) is 11.5 Å². The van der Waals surface area contributed by atoms with E-state index in [1.165, 1.54) is 4.90 Å². The van der Waals surface area contributed by atoms with E-state index in [9.17, 15) is 4.79 Å². The first kappa shape index (κ1) is 35.3. The Morgan fingerprint density at radius 3 is 1.60 bits per heavy atom. The van der Waals surface area contributed by atoms with E-state index in [2.05, 4.69) is 24.7 Å². The Morgan fingerprint density at radius 1 is 0.680 bits per heavy atom. The summed E-state index contributed by atoms with van der Waals surface area (Å²) < 4.78 is 11.0. The molecule has 6 rings (SSSR count). The first-order valence-electron chi connectivity index (χ1n) is 16.9. The van der Waals surface area contributed by atoms with Crippen molar-refractivity contribution < 1.29 is 19.2 Å². The van der Waals surface area contributed by atoms with Crippen molar-refractivity contribution in [3.63, 3.8) is 0 Å². The topological polar surface area (TPSA) is 93.1 Å². The fraction of sp³-hybridized carbons (Fsp3) is 0.308. The molecule has 6 aromatic rings. The number of ether oxygens (including phenoxy) is 2. The molecular formula is C39H43Cl2N6O3+. The number of amides is 1. The van der Waals surface area contributed by atoms with Crippen LogP contribution in [0.4, 0.5) is 11.4 Å². The standard InChI is InChI=1S/C39H42Cl2N6O3/c1-46(2)20-15-37(48)47(18-5-16-42-38-29-11-7-25(40)21-35(29)44-33-13-9-27(49-3)23-31(33)38)19-6-17-43-39-30-12-8-26(41)22-36(30)45-34-14-10-28(50-4)24-32(34)39/h7-14,21-24H,5-6,15-20H2,1-4H3,(H,42,44)(H,43,45)/p+1. The second-order valence-corrected chi connectivity index (χ2v) is 13.6. The lowest BCUT2D eigenvalue weighted by molar-refractivity contribution is -0.857. The SMILES string of the molecule is COc1ccc2nc3cc(Cl)ccc3c(NCCCN(CCCNc3c4ccc(Cl)cc4nc4ccc(OC)cc34)C(=O)CC[NH+](C)C)c2c1. The zero-order valence-electron chi connectivity index (χ0n) is 28.9.